The zero-order valence-corrected chi connectivity index (χ0v) is 12.9. The molecule has 0 aromatic heterocycles. The van der Waals surface area contributed by atoms with E-state index < -0.39 is 18.0 Å². The van der Waals surface area contributed by atoms with Gasteiger partial charge in [-0.15, -0.1) is 0 Å². The lowest BCUT2D eigenvalue weighted by Gasteiger charge is -2.15. The molecule has 0 saturated carbocycles. The molecule has 0 aliphatic carbocycles. The molecular weight excluding hydrogens is 294 g/mol. The minimum absolute atomic E-state index is 0.330. The summed E-state index contributed by atoms with van der Waals surface area (Å²) in [6.45, 7) is 2.63. The van der Waals surface area contributed by atoms with E-state index in [-0.39, 0.29) is 0 Å². The molecular formula is C18H19NO4. The van der Waals surface area contributed by atoms with Gasteiger partial charge in [0.25, 0.3) is 5.91 Å². The number of hydrogen-bond donors (Lipinski definition) is 1. The zero-order valence-electron chi connectivity index (χ0n) is 12.9. The van der Waals surface area contributed by atoms with Crippen molar-refractivity contribution in [1.82, 2.24) is 0 Å². The highest BCUT2D eigenvalue weighted by Crippen LogP contribution is 2.20. The number of rotatable bonds is 7. The first-order valence-electron chi connectivity index (χ1n) is 7.40. The van der Waals surface area contributed by atoms with E-state index in [1.807, 2.05) is 6.92 Å². The number of nitrogens with two attached hydrogens (primary N) is 1. The molecule has 120 valence electrons. The minimum atomic E-state index is -1.11. The molecule has 0 fully saturated rings. The minimum Gasteiger partial charge on any atom is -0.494 e. The van der Waals surface area contributed by atoms with Crippen LogP contribution in [-0.4, -0.2) is 18.5 Å². The third-order valence-corrected chi connectivity index (χ3v) is 3.15. The molecule has 0 spiro atoms. The summed E-state index contributed by atoms with van der Waals surface area (Å²) >= 11 is 0. The maximum absolute atomic E-state index is 12.2. The lowest BCUT2D eigenvalue weighted by Crippen LogP contribution is -2.26. The molecule has 0 bridgehead atoms. The van der Waals surface area contributed by atoms with Crippen molar-refractivity contribution in [1.29, 1.82) is 0 Å². The maximum Gasteiger partial charge on any atom is 0.339 e. The predicted molar refractivity (Wildman–Crippen MR) is 86.0 cm³/mol. The largest absolute Gasteiger partial charge is 0.494 e. The number of carbonyl (C=O) groups is 2. The van der Waals surface area contributed by atoms with Crippen molar-refractivity contribution in [3.8, 4) is 5.75 Å². The Bertz CT molecular complexity index is 652. The number of hydrogen-bond acceptors (Lipinski definition) is 4. The van der Waals surface area contributed by atoms with Crippen LogP contribution in [0.5, 0.6) is 5.75 Å². The molecule has 2 aromatic carbocycles. The summed E-state index contributed by atoms with van der Waals surface area (Å²) in [7, 11) is 0. The van der Waals surface area contributed by atoms with Gasteiger partial charge in [0.15, 0.2) is 0 Å². The van der Waals surface area contributed by atoms with Crippen molar-refractivity contribution >= 4 is 11.9 Å². The van der Waals surface area contributed by atoms with Crippen molar-refractivity contribution in [2.45, 2.75) is 19.4 Å². The summed E-state index contributed by atoms with van der Waals surface area (Å²) in [6, 6.07) is 15.2. The number of carbonyl (C=O) groups excluding carboxylic acids is 2. The Morgan fingerprint density at radius 1 is 1.04 bits per heavy atom. The van der Waals surface area contributed by atoms with Crippen molar-refractivity contribution in [3.05, 3.63) is 65.7 Å². The average Bonchev–Trinajstić information content (AvgIpc) is 2.58. The number of esters is 1. The molecule has 2 N–H and O–H groups in total. The molecule has 0 aliphatic heterocycles. The fraction of sp³-hybridized carbons (Fsp3) is 0.222. The summed E-state index contributed by atoms with van der Waals surface area (Å²) in [5.41, 5.74) is 6.21. The molecule has 0 saturated heterocycles. The molecule has 5 heteroatoms. The molecule has 2 aromatic rings. The van der Waals surface area contributed by atoms with Crippen LogP contribution in [0.1, 0.15) is 35.4 Å². The summed E-state index contributed by atoms with van der Waals surface area (Å²) in [4.78, 5) is 23.8. The van der Waals surface area contributed by atoms with Gasteiger partial charge in [0.1, 0.15) is 5.75 Å². The molecule has 1 amide bonds. The quantitative estimate of drug-likeness (QED) is 0.797. The second-order valence-electron chi connectivity index (χ2n) is 4.97. The molecule has 1 atom stereocenters. The number of benzene rings is 2. The van der Waals surface area contributed by atoms with E-state index >= 15 is 0 Å². The smallest absolute Gasteiger partial charge is 0.339 e. The summed E-state index contributed by atoms with van der Waals surface area (Å²) in [5.74, 6) is -0.648. The van der Waals surface area contributed by atoms with Gasteiger partial charge >= 0.3 is 5.97 Å². The van der Waals surface area contributed by atoms with Crippen LogP contribution in [0.2, 0.25) is 0 Å². The first-order valence-corrected chi connectivity index (χ1v) is 7.40. The second kappa shape index (κ2) is 7.98. The van der Waals surface area contributed by atoms with Crippen molar-refractivity contribution in [3.63, 3.8) is 0 Å². The normalized spacial score (nSPS) is 11.5. The van der Waals surface area contributed by atoms with E-state index in [0.717, 1.165) is 6.42 Å². The van der Waals surface area contributed by atoms with Crippen molar-refractivity contribution < 1.29 is 19.1 Å². The monoisotopic (exact) mass is 313 g/mol. The van der Waals surface area contributed by atoms with Crippen LogP contribution < -0.4 is 10.5 Å². The summed E-state index contributed by atoms with van der Waals surface area (Å²) in [6.07, 6.45) is -0.207. The Kier molecular flexibility index (Phi) is 5.74. The van der Waals surface area contributed by atoms with E-state index in [1.165, 1.54) is 0 Å². The van der Waals surface area contributed by atoms with E-state index in [9.17, 15) is 9.59 Å². The molecule has 0 heterocycles. The number of primary amides is 1. The Morgan fingerprint density at radius 3 is 2.26 bits per heavy atom. The summed E-state index contributed by atoms with van der Waals surface area (Å²) < 4.78 is 10.7. The highest BCUT2D eigenvalue weighted by molar-refractivity contribution is 5.92. The van der Waals surface area contributed by atoms with Gasteiger partial charge in [-0.05, 0) is 30.7 Å². The molecule has 0 radical (unpaired) electrons. The van der Waals surface area contributed by atoms with E-state index in [2.05, 4.69) is 0 Å². The first-order chi connectivity index (χ1) is 11.1. The Balaban J connectivity index is 2.08. The zero-order chi connectivity index (χ0) is 16.7. The lowest BCUT2D eigenvalue weighted by atomic mass is 10.1. The highest BCUT2D eigenvalue weighted by Gasteiger charge is 2.23. The van der Waals surface area contributed by atoms with Crippen LogP contribution in [0.25, 0.3) is 0 Å². The number of amides is 1. The van der Waals surface area contributed by atoms with Gasteiger partial charge in [0.2, 0.25) is 6.10 Å². The van der Waals surface area contributed by atoms with Gasteiger partial charge in [-0.3, -0.25) is 4.79 Å². The van der Waals surface area contributed by atoms with Crippen molar-refractivity contribution in [2.24, 2.45) is 5.73 Å². The van der Waals surface area contributed by atoms with Crippen LogP contribution in [0.4, 0.5) is 0 Å². The molecule has 5 nitrogen and oxygen atoms in total. The highest BCUT2D eigenvalue weighted by atomic mass is 16.5. The van der Waals surface area contributed by atoms with Gasteiger partial charge in [0, 0.05) is 5.56 Å². The molecule has 23 heavy (non-hydrogen) atoms. The van der Waals surface area contributed by atoms with E-state index in [1.54, 1.807) is 54.6 Å². The Morgan fingerprint density at radius 2 is 1.70 bits per heavy atom. The fourth-order valence-corrected chi connectivity index (χ4v) is 2.00. The molecule has 1 unspecified atom stereocenters. The Hall–Kier alpha value is -2.82. The van der Waals surface area contributed by atoms with Crippen LogP contribution in [0, 0.1) is 0 Å². The molecule has 0 aliphatic rings. The van der Waals surface area contributed by atoms with Gasteiger partial charge in [-0.2, -0.15) is 0 Å². The van der Waals surface area contributed by atoms with Crippen LogP contribution >= 0.6 is 0 Å². The van der Waals surface area contributed by atoms with Crippen LogP contribution in [0.3, 0.4) is 0 Å². The average molecular weight is 313 g/mol. The second-order valence-corrected chi connectivity index (χ2v) is 4.97. The first kappa shape index (κ1) is 16.5. The maximum atomic E-state index is 12.2. The van der Waals surface area contributed by atoms with Gasteiger partial charge in [-0.25, -0.2) is 4.79 Å². The third kappa shape index (κ3) is 4.57. The molecule has 2 rings (SSSR count). The van der Waals surface area contributed by atoms with Crippen molar-refractivity contribution in [2.75, 3.05) is 6.61 Å². The van der Waals surface area contributed by atoms with Gasteiger partial charge < -0.3 is 15.2 Å². The SMILES string of the molecule is CCCOc1ccc(C(=O)OC(C(N)=O)c2ccccc2)cc1. The van der Waals surface area contributed by atoms with E-state index in [4.69, 9.17) is 15.2 Å². The summed E-state index contributed by atoms with van der Waals surface area (Å²) in [5, 5.41) is 0. The van der Waals surface area contributed by atoms with E-state index in [0.29, 0.717) is 23.5 Å². The van der Waals surface area contributed by atoms with Gasteiger partial charge in [0.05, 0.1) is 12.2 Å². The fourth-order valence-electron chi connectivity index (χ4n) is 2.00. The topological polar surface area (TPSA) is 78.6 Å². The predicted octanol–water partition coefficient (Wildman–Crippen LogP) is 2.86. The lowest BCUT2D eigenvalue weighted by molar-refractivity contribution is -0.127. The standard InChI is InChI=1S/C18H19NO4/c1-2-12-22-15-10-8-14(9-11-15)18(21)23-16(17(19)20)13-6-4-3-5-7-13/h3-11,16H,2,12H2,1H3,(H2,19,20). The van der Waals surface area contributed by atoms with Gasteiger partial charge in [-0.1, -0.05) is 37.3 Å². The van der Waals surface area contributed by atoms with Crippen LogP contribution in [0.15, 0.2) is 54.6 Å². The van der Waals surface area contributed by atoms with Crippen LogP contribution in [-0.2, 0) is 9.53 Å². The third-order valence-electron chi connectivity index (χ3n) is 3.15. The Labute approximate surface area is 135 Å². The number of ether oxygens (including phenoxy) is 2.